The maximum absolute atomic E-state index is 9.96. The van der Waals surface area contributed by atoms with Crippen LogP contribution < -0.4 is 5.32 Å². The first-order chi connectivity index (χ1) is 8.15. The molecule has 0 aromatic rings. The van der Waals surface area contributed by atoms with Gasteiger partial charge in [0.25, 0.3) is 0 Å². The summed E-state index contributed by atoms with van der Waals surface area (Å²) in [5, 5.41) is 13.5. The SMILES string of the molecule is CCN(CC)CC(O)CNC1CCC(C)CC1. The molecule has 0 aliphatic heterocycles. The maximum Gasteiger partial charge on any atom is 0.0791 e. The average Bonchev–Trinajstić information content (AvgIpc) is 2.35. The molecule has 0 heterocycles. The predicted octanol–water partition coefficient (Wildman–Crippen LogP) is 1.86. The first-order valence-corrected chi connectivity index (χ1v) is 7.29. The molecule has 1 fully saturated rings. The highest BCUT2D eigenvalue weighted by Gasteiger charge is 2.18. The Kier molecular flexibility index (Phi) is 7.09. The smallest absolute Gasteiger partial charge is 0.0791 e. The van der Waals surface area contributed by atoms with E-state index in [1.165, 1.54) is 25.7 Å². The molecule has 1 rings (SSSR count). The quantitative estimate of drug-likeness (QED) is 0.715. The number of nitrogens with one attached hydrogen (secondary N) is 1. The number of likely N-dealkylation sites (N-methyl/N-ethyl adjacent to an activating group) is 1. The molecule has 0 aromatic carbocycles. The van der Waals surface area contributed by atoms with Crippen LogP contribution in [0.5, 0.6) is 0 Å². The monoisotopic (exact) mass is 242 g/mol. The Labute approximate surface area is 107 Å². The normalized spacial score (nSPS) is 27.4. The van der Waals surface area contributed by atoms with E-state index in [2.05, 4.69) is 31.0 Å². The predicted molar refractivity (Wildman–Crippen MR) is 73.2 cm³/mol. The van der Waals surface area contributed by atoms with E-state index in [1.54, 1.807) is 0 Å². The topological polar surface area (TPSA) is 35.5 Å². The Hall–Kier alpha value is -0.120. The number of aliphatic hydroxyl groups is 1. The van der Waals surface area contributed by atoms with E-state index in [4.69, 9.17) is 0 Å². The van der Waals surface area contributed by atoms with Crippen LogP contribution >= 0.6 is 0 Å². The number of rotatable bonds is 7. The van der Waals surface area contributed by atoms with Gasteiger partial charge in [-0.15, -0.1) is 0 Å². The third-order valence-electron chi connectivity index (χ3n) is 4.02. The van der Waals surface area contributed by atoms with Gasteiger partial charge in [0.2, 0.25) is 0 Å². The van der Waals surface area contributed by atoms with Crippen LogP contribution in [-0.2, 0) is 0 Å². The van der Waals surface area contributed by atoms with Crippen molar-refractivity contribution in [3.63, 3.8) is 0 Å². The summed E-state index contributed by atoms with van der Waals surface area (Å²) in [7, 11) is 0. The van der Waals surface area contributed by atoms with Gasteiger partial charge in [0.15, 0.2) is 0 Å². The average molecular weight is 242 g/mol. The van der Waals surface area contributed by atoms with Crippen LogP contribution in [0.25, 0.3) is 0 Å². The first kappa shape index (κ1) is 14.9. The Morgan fingerprint density at radius 1 is 1.18 bits per heavy atom. The maximum atomic E-state index is 9.96. The number of hydrogen-bond donors (Lipinski definition) is 2. The Morgan fingerprint density at radius 3 is 2.29 bits per heavy atom. The van der Waals surface area contributed by atoms with Crippen LogP contribution in [0.1, 0.15) is 46.5 Å². The van der Waals surface area contributed by atoms with Crippen molar-refractivity contribution in [1.29, 1.82) is 0 Å². The molecule has 1 unspecified atom stereocenters. The molecular formula is C14H30N2O. The minimum absolute atomic E-state index is 0.228. The number of nitrogens with zero attached hydrogens (tertiary/aromatic N) is 1. The summed E-state index contributed by atoms with van der Waals surface area (Å²) >= 11 is 0. The molecule has 0 amide bonds. The van der Waals surface area contributed by atoms with Crippen molar-refractivity contribution < 1.29 is 5.11 Å². The van der Waals surface area contributed by atoms with E-state index in [1.807, 2.05) is 0 Å². The lowest BCUT2D eigenvalue weighted by Gasteiger charge is -2.29. The van der Waals surface area contributed by atoms with Crippen LogP contribution in [-0.4, -0.2) is 48.3 Å². The lowest BCUT2D eigenvalue weighted by Crippen LogP contribution is -2.42. The Morgan fingerprint density at radius 2 is 1.76 bits per heavy atom. The van der Waals surface area contributed by atoms with Gasteiger partial charge in [0.1, 0.15) is 0 Å². The van der Waals surface area contributed by atoms with Gasteiger partial charge >= 0.3 is 0 Å². The fourth-order valence-corrected chi connectivity index (χ4v) is 2.61. The highest BCUT2D eigenvalue weighted by atomic mass is 16.3. The molecule has 17 heavy (non-hydrogen) atoms. The van der Waals surface area contributed by atoms with Crippen LogP contribution in [0.15, 0.2) is 0 Å². The zero-order chi connectivity index (χ0) is 12.7. The van der Waals surface area contributed by atoms with Crippen LogP contribution in [0.3, 0.4) is 0 Å². The van der Waals surface area contributed by atoms with Gasteiger partial charge in [0.05, 0.1) is 6.10 Å². The van der Waals surface area contributed by atoms with E-state index in [-0.39, 0.29) is 6.10 Å². The molecule has 3 heteroatoms. The molecule has 0 radical (unpaired) electrons. The standard InChI is InChI=1S/C14H30N2O/c1-4-16(5-2)11-14(17)10-15-13-8-6-12(3)7-9-13/h12-15,17H,4-11H2,1-3H3. The molecule has 0 bridgehead atoms. The molecule has 0 saturated heterocycles. The summed E-state index contributed by atoms with van der Waals surface area (Å²) < 4.78 is 0. The molecule has 2 N–H and O–H groups in total. The highest BCUT2D eigenvalue weighted by Crippen LogP contribution is 2.23. The Balaban J connectivity index is 2.12. The molecular weight excluding hydrogens is 212 g/mol. The van der Waals surface area contributed by atoms with Gasteiger partial charge in [-0.3, -0.25) is 0 Å². The summed E-state index contributed by atoms with van der Waals surface area (Å²) in [6.45, 7) is 10.2. The number of hydrogen-bond acceptors (Lipinski definition) is 3. The lowest BCUT2D eigenvalue weighted by atomic mass is 9.87. The fraction of sp³-hybridized carbons (Fsp3) is 1.00. The summed E-state index contributed by atoms with van der Waals surface area (Å²) in [5.41, 5.74) is 0. The number of aliphatic hydroxyl groups excluding tert-OH is 1. The van der Waals surface area contributed by atoms with Gasteiger partial charge in [-0.2, -0.15) is 0 Å². The van der Waals surface area contributed by atoms with Crippen LogP contribution in [0.4, 0.5) is 0 Å². The van der Waals surface area contributed by atoms with Gasteiger partial charge in [-0.1, -0.05) is 20.8 Å². The lowest BCUT2D eigenvalue weighted by molar-refractivity contribution is 0.111. The van der Waals surface area contributed by atoms with E-state index >= 15 is 0 Å². The second kappa shape index (κ2) is 8.06. The molecule has 102 valence electrons. The van der Waals surface area contributed by atoms with Crippen molar-refractivity contribution in [2.24, 2.45) is 5.92 Å². The van der Waals surface area contributed by atoms with Gasteiger partial charge < -0.3 is 15.3 Å². The van der Waals surface area contributed by atoms with Crippen LogP contribution in [0.2, 0.25) is 0 Å². The summed E-state index contributed by atoms with van der Waals surface area (Å²) in [6.07, 6.45) is 5.00. The molecule has 1 aliphatic rings. The molecule has 1 aliphatic carbocycles. The molecule has 3 nitrogen and oxygen atoms in total. The van der Waals surface area contributed by atoms with E-state index in [0.29, 0.717) is 6.04 Å². The van der Waals surface area contributed by atoms with Crippen molar-refractivity contribution in [3.05, 3.63) is 0 Å². The van der Waals surface area contributed by atoms with Crippen molar-refractivity contribution >= 4 is 0 Å². The zero-order valence-electron chi connectivity index (χ0n) is 11.8. The van der Waals surface area contributed by atoms with E-state index in [9.17, 15) is 5.11 Å². The third-order valence-corrected chi connectivity index (χ3v) is 4.02. The van der Waals surface area contributed by atoms with Gasteiger partial charge in [-0.05, 0) is 44.7 Å². The van der Waals surface area contributed by atoms with Crippen molar-refractivity contribution in [1.82, 2.24) is 10.2 Å². The summed E-state index contributed by atoms with van der Waals surface area (Å²) in [4.78, 5) is 2.27. The largest absolute Gasteiger partial charge is 0.390 e. The van der Waals surface area contributed by atoms with Crippen molar-refractivity contribution in [2.75, 3.05) is 26.2 Å². The van der Waals surface area contributed by atoms with E-state index < -0.39 is 0 Å². The Bertz CT molecular complexity index is 187. The minimum Gasteiger partial charge on any atom is -0.390 e. The highest BCUT2D eigenvalue weighted by molar-refractivity contribution is 4.77. The second-order valence-corrected chi connectivity index (χ2v) is 5.50. The van der Waals surface area contributed by atoms with Crippen LogP contribution in [0, 0.1) is 5.92 Å². The summed E-state index contributed by atoms with van der Waals surface area (Å²) in [6, 6.07) is 0.637. The van der Waals surface area contributed by atoms with Gasteiger partial charge in [0, 0.05) is 19.1 Å². The molecule has 0 spiro atoms. The molecule has 0 aromatic heterocycles. The fourth-order valence-electron chi connectivity index (χ4n) is 2.61. The zero-order valence-corrected chi connectivity index (χ0v) is 11.8. The van der Waals surface area contributed by atoms with E-state index in [0.717, 1.165) is 32.1 Å². The third kappa shape index (κ3) is 5.84. The first-order valence-electron chi connectivity index (χ1n) is 7.29. The summed E-state index contributed by atoms with van der Waals surface area (Å²) in [5.74, 6) is 0.897. The second-order valence-electron chi connectivity index (χ2n) is 5.50. The van der Waals surface area contributed by atoms with Gasteiger partial charge in [-0.25, -0.2) is 0 Å². The molecule has 1 saturated carbocycles. The van der Waals surface area contributed by atoms with Crippen molar-refractivity contribution in [3.8, 4) is 0 Å². The molecule has 1 atom stereocenters. The van der Waals surface area contributed by atoms with Crippen molar-refractivity contribution in [2.45, 2.75) is 58.6 Å². The minimum atomic E-state index is -0.228.